The average Bonchev–Trinajstić information content (AvgIpc) is 2.56. The molecule has 24 heavy (non-hydrogen) atoms. The van der Waals surface area contributed by atoms with Crippen LogP contribution < -0.4 is 5.32 Å². The van der Waals surface area contributed by atoms with Crippen LogP contribution in [0.2, 0.25) is 0 Å². The summed E-state index contributed by atoms with van der Waals surface area (Å²) in [4.78, 5) is 37.5. The van der Waals surface area contributed by atoms with Crippen LogP contribution in [0, 0.1) is 12.8 Å². The van der Waals surface area contributed by atoms with E-state index >= 15 is 0 Å². The summed E-state index contributed by atoms with van der Waals surface area (Å²) in [5.74, 6) is -1.20. The lowest BCUT2D eigenvalue weighted by Crippen LogP contribution is -2.43. The number of nitrogens with one attached hydrogen (secondary N) is 1. The number of esters is 1. The molecule has 0 aliphatic carbocycles. The summed E-state index contributed by atoms with van der Waals surface area (Å²) in [5.41, 5.74) is 1.76. The zero-order valence-corrected chi connectivity index (χ0v) is 14.4. The minimum absolute atomic E-state index is 0.0438. The molecule has 6 nitrogen and oxygen atoms in total. The molecular formula is C18H24N2O4. The van der Waals surface area contributed by atoms with Crippen LogP contribution in [0.1, 0.15) is 32.3 Å². The van der Waals surface area contributed by atoms with Crippen molar-refractivity contribution < 1.29 is 19.1 Å². The van der Waals surface area contributed by atoms with Crippen molar-refractivity contribution in [3.63, 3.8) is 0 Å². The minimum Gasteiger partial charge on any atom is -0.452 e. The molecular weight excluding hydrogens is 308 g/mol. The van der Waals surface area contributed by atoms with Crippen molar-refractivity contribution in [1.82, 2.24) is 4.90 Å². The molecule has 2 rings (SSSR count). The van der Waals surface area contributed by atoms with E-state index in [-0.39, 0.29) is 17.7 Å². The third-order valence-corrected chi connectivity index (χ3v) is 4.18. The van der Waals surface area contributed by atoms with Crippen LogP contribution in [0.3, 0.4) is 0 Å². The summed E-state index contributed by atoms with van der Waals surface area (Å²) >= 11 is 0. The Bertz CT molecular complexity index is 612. The van der Waals surface area contributed by atoms with Gasteiger partial charge in [0.25, 0.3) is 5.91 Å². The molecule has 1 aromatic carbocycles. The van der Waals surface area contributed by atoms with E-state index in [9.17, 15) is 14.4 Å². The molecule has 1 heterocycles. The van der Waals surface area contributed by atoms with Gasteiger partial charge in [-0.1, -0.05) is 17.7 Å². The Hall–Kier alpha value is -2.37. The van der Waals surface area contributed by atoms with E-state index in [1.807, 2.05) is 19.1 Å². The van der Waals surface area contributed by atoms with Gasteiger partial charge in [0.05, 0.1) is 5.92 Å². The van der Waals surface area contributed by atoms with Crippen molar-refractivity contribution in [2.24, 2.45) is 5.92 Å². The zero-order chi connectivity index (χ0) is 17.7. The molecule has 0 unspecified atom stereocenters. The highest BCUT2D eigenvalue weighted by Crippen LogP contribution is 2.19. The Morgan fingerprint density at radius 2 is 1.92 bits per heavy atom. The van der Waals surface area contributed by atoms with E-state index in [0.717, 1.165) is 12.0 Å². The number of carbonyl (C=O) groups excluding carboxylic acids is 3. The number of likely N-dealkylation sites (tertiary alicyclic amines) is 1. The van der Waals surface area contributed by atoms with Gasteiger partial charge in [0.1, 0.15) is 0 Å². The van der Waals surface area contributed by atoms with Crippen molar-refractivity contribution in [2.45, 2.75) is 39.7 Å². The first kappa shape index (κ1) is 18.0. The Kier molecular flexibility index (Phi) is 5.95. The number of aryl methyl sites for hydroxylation is 1. The predicted molar refractivity (Wildman–Crippen MR) is 90.3 cm³/mol. The number of amides is 2. The quantitative estimate of drug-likeness (QED) is 0.857. The summed E-state index contributed by atoms with van der Waals surface area (Å²) in [6.07, 6.45) is 0.560. The smallest absolute Gasteiger partial charge is 0.311 e. The van der Waals surface area contributed by atoms with Crippen LogP contribution in [0.25, 0.3) is 0 Å². The van der Waals surface area contributed by atoms with E-state index in [1.54, 1.807) is 24.0 Å². The maximum atomic E-state index is 12.2. The van der Waals surface area contributed by atoms with Crippen LogP contribution in [0.5, 0.6) is 0 Å². The van der Waals surface area contributed by atoms with E-state index in [0.29, 0.717) is 25.2 Å². The number of ether oxygens (including phenoxy) is 1. The highest BCUT2D eigenvalue weighted by Gasteiger charge is 2.30. The number of hydrogen-bond acceptors (Lipinski definition) is 4. The molecule has 0 aromatic heterocycles. The molecule has 1 fully saturated rings. The molecule has 1 aliphatic heterocycles. The van der Waals surface area contributed by atoms with Crippen molar-refractivity contribution in [2.75, 3.05) is 18.4 Å². The lowest BCUT2D eigenvalue weighted by atomic mass is 9.98. The van der Waals surface area contributed by atoms with E-state index < -0.39 is 12.1 Å². The number of carbonyl (C=O) groups is 3. The molecule has 0 bridgehead atoms. The number of piperidine rings is 1. The number of nitrogens with zero attached hydrogens (tertiary/aromatic N) is 1. The molecule has 0 radical (unpaired) electrons. The number of rotatable bonds is 4. The third-order valence-electron chi connectivity index (χ3n) is 4.18. The summed E-state index contributed by atoms with van der Waals surface area (Å²) in [6, 6.07) is 7.39. The van der Waals surface area contributed by atoms with Gasteiger partial charge < -0.3 is 15.0 Å². The molecule has 1 N–H and O–H groups in total. The first-order valence-corrected chi connectivity index (χ1v) is 8.20. The normalized spacial score (nSPS) is 18.6. The predicted octanol–water partition coefficient (Wildman–Crippen LogP) is 2.12. The average molecular weight is 332 g/mol. The van der Waals surface area contributed by atoms with Crippen LogP contribution in [0.4, 0.5) is 5.69 Å². The highest BCUT2D eigenvalue weighted by molar-refractivity contribution is 5.95. The first-order chi connectivity index (χ1) is 11.4. The molecule has 1 saturated heterocycles. The minimum atomic E-state index is -0.883. The van der Waals surface area contributed by atoms with Gasteiger partial charge in [0, 0.05) is 25.7 Å². The van der Waals surface area contributed by atoms with Gasteiger partial charge in [-0.15, -0.1) is 0 Å². The van der Waals surface area contributed by atoms with Crippen molar-refractivity contribution in [3.8, 4) is 0 Å². The second-order valence-electron chi connectivity index (χ2n) is 6.24. The summed E-state index contributed by atoms with van der Waals surface area (Å²) < 4.78 is 5.29. The van der Waals surface area contributed by atoms with Crippen LogP contribution in [-0.2, 0) is 19.1 Å². The highest BCUT2D eigenvalue weighted by atomic mass is 16.5. The monoisotopic (exact) mass is 332 g/mol. The molecule has 1 aliphatic rings. The lowest BCUT2D eigenvalue weighted by Gasteiger charge is -2.31. The van der Waals surface area contributed by atoms with Crippen molar-refractivity contribution >= 4 is 23.5 Å². The molecule has 2 atom stereocenters. The SMILES string of the molecule is CC(=O)N1CCC[C@@H](C(=O)O[C@@H](C)C(=O)Nc2ccc(C)cc2)C1. The lowest BCUT2D eigenvalue weighted by molar-refractivity contribution is -0.159. The zero-order valence-electron chi connectivity index (χ0n) is 14.4. The second kappa shape index (κ2) is 7.95. The topological polar surface area (TPSA) is 75.7 Å². The summed E-state index contributed by atoms with van der Waals surface area (Å²) in [5, 5.41) is 2.72. The maximum absolute atomic E-state index is 12.2. The second-order valence-corrected chi connectivity index (χ2v) is 6.24. The molecule has 0 saturated carbocycles. The van der Waals surface area contributed by atoms with E-state index in [1.165, 1.54) is 6.92 Å². The van der Waals surface area contributed by atoms with Crippen molar-refractivity contribution in [1.29, 1.82) is 0 Å². The fourth-order valence-electron chi connectivity index (χ4n) is 2.66. The van der Waals surface area contributed by atoms with Gasteiger partial charge in [-0.05, 0) is 38.8 Å². The Morgan fingerprint density at radius 1 is 1.25 bits per heavy atom. The molecule has 0 spiro atoms. The van der Waals surface area contributed by atoms with Gasteiger partial charge in [-0.25, -0.2) is 0 Å². The van der Waals surface area contributed by atoms with Gasteiger partial charge in [0.15, 0.2) is 6.10 Å². The summed E-state index contributed by atoms with van der Waals surface area (Å²) in [6.45, 7) is 6.03. The van der Waals surface area contributed by atoms with Gasteiger partial charge in [-0.3, -0.25) is 14.4 Å². The van der Waals surface area contributed by atoms with Gasteiger partial charge in [-0.2, -0.15) is 0 Å². The molecule has 1 aromatic rings. The maximum Gasteiger partial charge on any atom is 0.311 e. The Labute approximate surface area is 142 Å². The van der Waals surface area contributed by atoms with Crippen LogP contribution >= 0.6 is 0 Å². The fraction of sp³-hybridized carbons (Fsp3) is 0.500. The number of anilines is 1. The van der Waals surface area contributed by atoms with E-state index in [4.69, 9.17) is 4.74 Å². The molecule has 6 heteroatoms. The Morgan fingerprint density at radius 3 is 2.54 bits per heavy atom. The molecule has 2 amide bonds. The Balaban J connectivity index is 1.87. The van der Waals surface area contributed by atoms with Crippen LogP contribution in [0.15, 0.2) is 24.3 Å². The first-order valence-electron chi connectivity index (χ1n) is 8.20. The van der Waals surface area contributed by atoms with Crippen molar-refractivity contribution in [3.05, 3.63) is 29.8 Å². The van der Waals surface area contributed by atoms with Crippen LogP contribution in [-0.4, -0.2) is 41.9 Å². The standard InChI is InChI=1S/C18H24N2O4/c1-12-6-8-16(9-7-12)19-17(22)13(2)24-18(23)15-5-4-10-20(11-15)14(3)21/h6-9,13,15H,4-5,10-11H2,1-3H3,(H,19,22)/t13-,15+/m0/s1. The summed E-state index contributed by atoms with van der Waals surface area (Å²) in [7, 11) is 0. The number of benzene rings is 1. The largest absolute Gasteiger partial charge is 0.452 e. The van der Waals surface area contributed by atoms with Gasteiger partial charge >= 0.3 is 5.97 Å². The van der Waals surface area contributed by atoms with E-state index in [2.05, 4.69) is 5.32 Å². The number of hydrogen-bond donors (Lipinski definition) is 1. The molecule has 130 valence electrons. The van der Waals surface area contributed by atoms with Gasteiger partial charge in [0.2, 0.25) is 5.91 Å². The third kappa shape index (κ3) is 4.81. The fourth-order valence-corrected chi connectivity index (χ4v) is 2.66.